The van der Waals surface area contributed by atoms with Gasteiger partial charge in [-0.25, -0.2) is 4.79 Å². The molecular formula is C23H29NO3. The van der Waals surface area contributed by atoms with Crippen LogP contribution in [0.15, 0.2) is 46.8 Å². The first kappa shape index (κ1) is 19.4. The van der Waals surface area contributed by atoms with Gasteiger partial charge in [-0.05, 0) is 50.7 Å². The number of nitrogens with one attached hydrogen (secondary N) is 1. The lowest BCUT2D eigenvalue weighted by molar-refractivity contribution is -0.143. The Hall–Kier alpha value is -2.36. The highest BCUT2D eigenvalue weighted by Crippen LogP contribution is 2.47. The van der Waals surface area contributed by atoms with E-state index in [4.69, 9.17) is 4.74 Å². The summed E-state index contributed by atoms with van der Waals surface area (Å²) in [6, 6.07) is 7.97. The van der Waals surface area contributed by atoms with Crippen molar-refractivity contribution in [2.24, 2.45) is 5.41 Å². The highest BCUT2D eigenvalue weighted by Gasteiger charge is 2.43. The highest BCUT2D eigenvalue weighted by molar-refractivity contribution is 6.04. The lowest BCUT2D eigenvalue weighted by atomic mass is 9.68. The number of esters is 1. The zero-order chi connectivity index (χ0) is 19.9. The van der Waals surface area contributed by atoms with Crippen LogP contribution in [0.5, 0.6) is 0 Å². The van der Waals surface area contributed by atoms with E-state index in [-0.39, 0.29) is 29.2 Å². The molecule has 0 bridgehead atoms. The third-order valence-corrected chi connectivity index (χ3v) is 5.30. The van der Waals surface area contributed by atoms with Gasteiger partial charge in [0.25, 0.3) is 0 Å². The summed E-state index contributed by atoms with van der Waals surface area (Å²) in [4.78, 5) is 26.1. The molecule has 0 amide bonds. The number of ether oxygens (including phenoxy) is 1. The standard InChI is InChI=1S/C23H29NO3/c1-13(2)27-22(26)19-15(4)24-17-11-23(5,6)12-18(25)21(17)20(19)16-10-8-7-9-14(16)3/h7-10,13,20,24H,11-12H2,1-6H3/t20-/m0/s1. The molecule has 1 aliphatic heterocycles. The van der Waals surface area contributed by atoms with Crippen LogP contribution in [-0.4, -0.2) is 17.9 Å². The molecule has 0 unspecified atom stereocenters. The molecule has 27 heavy (non-hydrogen) atoms. The normalized spacial score (nSPS) is 21.9. The number of ketones is 1. The number of carbonyl (C=O) groups is 2. The Morgan fingerprint density at radius 2 is 1.85 bits per heavy atom. The van der Waals surface area contributed by atoms with Crippen molar-refractivity contribution >= 4 is 11.8 Å². The molecule has 4 nitrogen and oxygen atoms in total. The van der Waals surface area contributed by atoms with Gasteiger partial charge in [0.2, 0.25) is 0 Å². The first-order chi connectivity index (χ1) is 12.6. The summed E-state index contributed by atoms with van der Waals surface area (Å²) in [7, 11) is 0. The van der Waals surface area contributed by atoms with Crippen molar-refractivity contribution in [2.45, 2.75) is 66.4 Å². The molecular weight excluding hydrogens is 338 g/mol. The Bertz CT molecular complexity index is 858. The summed E-state index contributed by atoms with van der Waals surface area (Å²) >= 11 is 0. The summed E-state index contributed by atoms with van der Waals surface area (Å²) in [6.45, 7) is 11.8. The van der Waals surface area contributed by atoms with Crippen molar-refractivity contribution in [1.29, 1.82) is 0 Å². The monoisotopic (exact) mass is 367 g/mol. The van der Waals surface area contributed by atoms with E-state index < -0.39 is 0 Å². The molecule has 0 aromatic heterocycles. The third-order valence-electron chi connectivity index (χ3n) is 5.30. The molecule has 0 radical (unpaired) electrons. The fourth-order valence-electron chi connectivity index (χ4n) is 4.21. The second-order valence-electron chi connectivity index (χ2n) is 8.74. The van der Waals surface area contributed by atoms with Crippen LogP contribution in [0.3, 0.4) is 0 Å². The fourth-order valence-corrected chi connectivity index (χ4v) is 4.21. The van der Waals surface area contributed by atoms with Crippen molar-refractivity contribution in [3.8, 4) is 0 Å². The second-order valence-corrected chi connectivity index (χ2v) is 8.74. The van der Waals surface area contributed by atoms with E-state index in [1.165, 1.54) is 0 Å². The quantitative estimate of drug-likeness (QED) is 0.796. The molecule has 0 fully saturated rings. The molecule has 1 N–H and O–H groups in total. The number of allylic oxidation sites excluding steroid dienone is 3. The van der Waals surface area contributed by atoms with Gasteiger partial charge in [0.05, 0.1) is 11.7 Å². The van der Waals surface area contributed by atoms with Crippen LogP contribution in [0, 0.1) is 12.3 Å². The number of hydrogen-bond acceptors (Lipinski definition) is 4. The van der Waals surface area contributed by atoms with E-state index in [1.807, 2.05) is 52.0 Å². The average molecular weight is 367 g/mol. The first-order valence-electron chi connectivity index (χ1n) is 9.61. The average Bonchev–Trinajstić information content (AvgIpc) is 2.51. The molecule has 4 heteroatoms. The first-order valence-corrected chi connectivity index (χ1v) is 9.61. The summed E-state index contributed by atoms with van der Waals surface area (Å²) in [5, 5.41) is 3.37. The largest absolute Gasteiger partial charge is 0.460 e. The Kier molecular flexibility index (Phi) is 5.02. The fraction of sp³-hybridized carbons (Fsp3) is 0.478. The van der Waals surface area contributed by atoms with Gasteiger partial charge in [-0.3, -0.25) is 4.79 Å². The third kappa shape index (κ3) is 3.71. The predicted molar refractivity (Wildman–Crippen MR) is 106 cm³/mol. The van der Waals surface area contributed by atoms with Crippen LogP contribution < -0.4 is 5.32 Å². The van der Waals surface area contributed by atoms with Crippen LogP contribution in [0.25, 0.3) is 0 Å². The second kappa shape index (κ2) is 6.99. The van der Waals surface area contributed by atoms with Crippen LogP contribution in [0.4, 0.5) is 0 Å². The Labute approximate surface area is 161 Å². The minimum absolute atomic E-state index is 0.0879. The molecule has 0 spiro atoms. The topological polar surface area (TPSA) is 55.4 Å². The van der Waals surface area contributed by atoms with Gasteiger partial charge in [0, 0.05) is 29.3 Å². The van der Waals surface area contributed by atoms with Gasteiger partial charge in [0.15, 0.2) is 5.78 Å². The molecule has 2 aliphatic rings. The van der Waals surface area contributed by atoms with Gasteiger partial charge < -0.3 is 10.1 Å². The van der Waals surface area contributed by atoms with Crippen LogP contribution in [-0.2, 0) is 14.3 Å². The molecule has 1 aliphatic carbocycles. The zero-order valence-corrected chi connectivity index (χ0v) is 17.1. The van der Waals surface area contributed by atoms with Crippen LogP contribution in [0.1, 0.15) is 64.5 Å². The number of benzene rings is 1. The minimum atomic E-state index is -0.378. The maximum Gasteiger partial charge on any atom is 0.337 e. The maximum absolute atomic E-state index is 13.2. The van der Waals surface area contributed by atoms with Crippen molar-refractivity contribution in [1.82, 2.24) is 5.32 Å². The van der Waals surface area contributed by atoms with E-state index in [1.54, 1.807) is 0 Å². The van der Waals surface area contributed by atoms with Gasteiger partial charge in [-0.2, -0.15) is 0 Å². The molecule has 0 saturated heterocycles. The molecule has 1 aromatic carbocycles. The Balaban J connectivity index is 2.19. The van der Waals surface area contributed by atoms with E-state index in [9.17, 15) is 9.59 Å². The summed E-state index contributed by atoms with van der Waals surface area (Å²) in [5.41, 5.74) is 4.97. The lowest BCUT2D eigenvalue weighted by Crippen LogP contribution is -2.39. The molecule has 144 valence electrons. The van der Waals surface area contributed by atoms with Crippen LogP contribution in [0.2, 0.25) is 0 Å². The van der Waals surface area contributed by atoms with Crippen LogP contribution >= 0.6 is 0 Å². The molecule has 1 aromatic rings. The number of rotatable bonds is 3. The summed E-state index contributed by atoms with van der Waals surface area (Å²) < 4.78 is 5.54. The molecule has 3 rings (SSSR count). The number of hydrogen-bond donors (Lipinski definition) is 1. The van der Waals surface area contributed by atoms with Gasteiger partial charge in [-0.15, -0.1) is 0 Å². The number of dihydropyridines is 1. The molecule has 1 heterocycles. The highest BCUT2D eigenvalue weighted by atomic mass is 16.5. The van der Waals surface area contributed by atoms with E-state index in [0.717, 1.165) is 34.5 Å². The number of carbonyl (C=O) groups excluding carboxylic acids is 2. The molecule has 0 saturated carbocycles. The predicted octanol–water partition coefficient (Wildman–Crippen LogP) is 4.55. The maximum atomic E-state index is 13.2. The zero-order valence-electron chi connectivity index (χ0n) is 17.1. The van der Waals surface area contributed by atoms with Crippen molar-refractivity contribution < 1.29 is 14.3 Å². The summed E-state index contributed by atoms with van der Waals surface area (Å²) in [6.07, 6.45) is 1.06. The van der Waals surface area contributed by atoms with Gasteiger partial charge >= 0.3 is 5.97 Å². The van der Waals surface area contributed by atoms with Gasteiger partial charge in [0.1, 0.15) is 0 Å². The molecule has 1 atom stereocenters. The van der Waals surface area contributed by atoms with E-state index in [0.29, 0.717) is 12.0 Å². The summed E-state index contributed by atoms with van der Waals surface area (Å²) in [5.74, 6) is -0.617. The number of aryl methyl sites for hydroxylation is 1. The minimum Gasteiger partial charge on any atom is -0.460 e. The van der Waals surface area contributed by atoms with Crippen molar-refractivity contribution in [3.05, 3.63) is 57.9 Å². The Morgan fingerprint density at radius 3 is 2.48 bits per heavy atom. The lowest BCUT2D eigenvalue weighted by Gasteiger charge is -2.39. The smallest absolute Gasteiger partial charge is 0.337 e. The SMILES string of the molecule is CC1=C(C(=O)OC(C)C)[C@H](c2ccccc2C)C2=C(CC(C)(C)CC2=O)N1. The van der Waals surface area contributed by atoms with E-state index >= 15 is 0 Å². The van der Waals surface area contributed by atoms with E-state index in [2.05, 4.69) is 19.2 Å². The van der Waals surface area contributed by atoms with Crippen molar-refractivity contribution in [3.63, 3.8) is 0 Å². The van der Waals surface area contributed by atoms with Crippen molar-refractivity contribution in [2.75, 3.05) is 0 Å². The number of Topliss-reactive ketones (excluding diaryl/α,β-unsaturated/α-hetero) is 1. The Morgan fingerprint density at radius 1 is 1.19 bits per heavy atom. The van der Waals surface area contributed by atoms with Gasteiger partial charge in [-0.1, -0.05) is 38.1 Å².